The Labute approximate surface area is 201 Å². The Morgan fingerprint density at radius 2 is 1.66 bits per heavy atom. The molecule has 7 heteroatoms. The Balaban J connectivity index is 1.62. The van der Waals surface area contributed by atoms with Gasteiger partial charge in [-0.05, 0) is 64.9 Å². The summed E-state index contributed by atoms with van der Waals surface area (Å²) in [6, 6.07) is 26.0. The van der Waals surface area contributed by atoms with Crippen LogP contribution in [0.2, 0.25) is 0 Å². The highest BCUT2D eigenvalue weighted by atomic mass is 16.5. The van der Waals surface area contributed by atoms with Gasteiger partial charge in [0.25, 0.3) is 0 Å². The van der Waals surface area contributed by atoms with Crippen molar-refractivity contribution in [1.29, 1.82) is 5.41 Å². The number of carbonyl (C=O) groups is 1. The van der Waals surface area contributed by atoms with Crippen LogP contribution in [0.1, 0.15) is 21.6 Å². The predicted octanol–water partition coefficient (Wildman–Crippen LogP) is 5.63. The van der Waals surface area contributed by atoms with E-state index in [1.807, 2.05) is 60.7 Å². The normalized spacial score (nSPS) is 11.0. The molecule has 0 saturated carbocycles. The van der Waals surface area contributed by atoms with E-state index in [-0.39, 0.29) is 11.5 Å². The van der Waals surface area contributed by atoms with Crippen LogP contribution < -0.4 is 15.2 Å². The van der Waals surface area contributed by atoms with Crippen molar-refractivity contribution in [3.05, 3.63) is 102 Å². The third-order valence-electron chi connectivity index (χ3n) is 5.98. The number of nitrogens with two attached hydrogens (primary N) is 1. The number of benzene rings is 4. The minimum Gasteiger partial charge on any atom is -0.497 e. The molecule has 5 aromatic rings. The molecule has 5 rings (SSSR count). The summed E-state index contributed by atoms with van der Waals surface area (Å²) >= 11 is 0. The third kappa shape index (κ3) is 4.27. The average molecular weight is 466 g/mol. The molecule has 35 heavy (non-hydrogen) atoms. The lowest BCUT2D eigenvalue weighted by Gasteiger charge is -2.15. The molecular formula is C28H23N3O4. The molecule has 1 aromatic heterocycles. The Kier molecular flexibility index (Phi) is 5.58. The van der Waals surface area contributed by atoms with Crippen LogP contribution >= 0.6 is 0 Å². The number of ether oxygens (including phenoxy) is 2. The number of nitrogens with zero attached hydrogens (tertiary/aromatic N) is 1. The number of amidine groups is 1. The second-order valence-electron chi connectivity index (χ2n) is 8.19. The zero-order valence-corrected chi connectivity index (χ0v) is 19.0. The molecule has 0 aliphatic carbocycles. The topological polar surface area (TPSA) is 111 Å². The van der Waals surface area contributed by atoms with Crippen molar-refractivity contribution in [1.82, 2.24) is 4.57 Å². The zero-order valence-electron chi connectivity index (χ0n) is 19.0. The largest absolute Gasteiger partial charge is 0.497 e. The van der Waals surface area contributed by atoms with Gasteiger partial charge in [0.1, 0.15) is 28.8 Å². The van der Waals surface area contributed by atoms with E-state index in [1.165, 1.54) is 0 Å². The smallest absolute Gasteiger partial charge is 0.352 e. The SMILES string of the molecule is COc1ccc(Oc2cc(Cn3c(C(=O)O)cc4ccc(C(=N)N)cc43)c3ccccc3c2)cc1. The second kappa shape index (κ2) is 8.87. The highest BCUT2D eigenvalue weighted by molar-refractivity contribution is 6.01. The first-order valence-corrected chi connectivity index (χ1v) is 11.0. The summed E-state index contributed by atoms with van der Waals surface area (Å²) in [4.78, 5) is 12.1. The first-order chi connectivity index (χ1) is 16.9. The Hall–Kier alpha value is -4.78. The van der Waals surface area contributed by atoms with Crippen molar-refractivity contribution in [3.63, 3.8) is 0 Å². The van der Waals surface area contributed by atoms with Crippen molar-refractivity contribution in [3.8, 4) is 17.2 Å². The van der Waals surface area contributed by atoms with Crippen LogP contribution in [0.5, 0.6) is 17.2 Å². The molecule has 0 radical (unpaired) electrons. The number of carboxylic acid groups (broad SMARTS) is 1. The molecule has 0 aliphatic heterocycles. The van der Waals surface area contributed by atoms with E-state index in [9.17, 15) is 9.90 Å². The number of fused-ring (bicyclic) bond motifs is 2. The fraction of sp³-hybridized carbons (Fsp3) is 0.0714. The molecule has 1 heterocycles. The monoisotopic (exact) mass is 465 g/mol. The van der Waals surface area contributed by atoms with E-state index in [1.54, 1.807) is 35.9 Å². The third-order valence-corrected chi connectivity index (χ3v) is 5.98. The Morgan fingerprint density at radius 1 is 0.914 bits per heavy atom. The van der Waals surface area contributed by atoms with Crippen LogP contribution in [0.25, 0.3) is 21.7 Å². The van der Waals surface area contributed by atoms with Gasteiger partial charge in [0.2, 0.25) is 0 Å². The Morgan fingerprint density at radius 3 is 2.37 bits per heavy atom. The van der Waals surface area contributed by atoms with Crippen molar-refractivity contribution in [2.24, 2.45) is 5.73 Å². The van der Waals surface area contributed by atoms with Crippen molar-refractivity contribution < 1.29 is 19.4 Å². The molecule has 174 valence electrons. The number of carboxylic acids is 1. The summed E-state index contributed by atoms with van der Waals surface area (Å²) in [6.07, 6.45) is 0. The zero-order chi connectivity index (χ0) is 24.5. The molecular weight excluding hydrogens is 442 g/mol. The second-order valence-corrected chi connectivity index (χ2v) is 8.19. The molecule has 0 aliphatic rings. The first kappa shape index (κ1) is 22.0. The summed E-state index contributed by atoms with van der Waals surface area (Å²) in [5, 5.41) is 20.4. The van der Waals surface area contributed by atoms with Crippen molar-refractivity contribution >= 4 is 33.5 Å². The van der Waals surface area contributed by atoms with Gasteiger partial charge in [-0.25, -0.2) is 4.79 Å². The van der Waals surface area contributed by atoms with Crippen LogP contribution in [0.3, 0.4) is 0 Å². The number of methoxy groups -OCH3 is 1. The molecule has 4 aromatic carbocycles. The number of hydrogen-bond donors (Lipinski definition) is 3. The lowest BCUT2D eigenvalue weighted by molar-refractivity contribution is 0.0686. The van der Waals surface area contributed by atoms with Gasteiger partial charge >= 0.3 is 5.97 Å². The molecule has 0 amide bonds. The van der Waals surface area contributed by atoms with Gasteiger partial charge in [-0.1, -0.05) is 36.4 Å². The maximum absolute atomic E-state index is 12.1. The Bertz CT molecular complexity index is 1590. The molecule has 0 saturated heterocycles. The molecule has 7 nitrogen and oxygen atoms in total. The predicted molar refractivity (Wildman–Crippen MR) is 136 cm³/mol. The number of hydrogen-bond acceptors (Lipinski definition) is 4. The maximum Gasteiger partial charge on any atom is 0.352 e. The van der Waals surface area contributed by atoms with E-state index < -0.39 is 5.97 Å². The first-order valence-electron chi connectivity index (χ1n) is 11.0. The number of nitrogens with one attached hydrogen (secondary N) is 1. The quantitative estimate of drug-likeness (QED) is 0.213. The number of nitrogen functional groups attached to an aromatic ring is 1. The lowest BCUT2D eigenvalue weighted by atomic mass is 10.0. The van der Waals surface area contributed by atoms with E-state index >= 15 is 0 Å². The van der Waals surface area contributed by atoms with E-state index in [0.717, 1.165) is 27.5 Å². The highest BCUT2D eigenvalue weighted by Crippen LogP contribution is 2.32. The maximum atomic E-state index is 12.1. The van der Waals surface area contributed by atoms with E-state index in [4.69, 9.17) is 20.6 Å². The minimum atomic E-state index is -1.03. The number of aromatic nitrogens is 1. The van der Waals surface area contributed by atoms with Crippen LogP contribution in [0.4, 0.5) is 0 Å². The molecule has 4 N–H and O–H groups in total. The van der Waals surface area contributed by atoms with Gasteiger partial charge in [0, 0.05) is 23.0 Å². The summed E-state index contributed by atoms with van der Waals surface area (Å²) in [7, 11) is 1.61. The molecule has 0 unspecified atom stereocenters. The van der Waals surface area contributed by atoms with E-state index in [0.29, 0.717) is 29.1 Å². The fourth-order valence-corrected chi connectivity index (χ4v) is 4.27. The van der Waals surface area contributed by atoms with Crippen LogP contribution in [0.15, 0.2) is 84.9 Å². The van der Waals surface area contributed by atoms with Crippen molar-refractivity contribution in [2.75, 3.05) is 7.11 Å². The van der Waals surface area contributed by atoms with E-state index in [2.05, 4.69) is 0 Å². The fourth-order valence-electron chi connectivity index (χ4n) is 4.27. The molecule has 0 spiro atoms. The number of rotatable bonds is 7. The minimum absolute atomic E-state index is 0.0723. The van der Waals surface area contributed by atoms with Crippen LogP contribution in [0, 0.1) is 5.41 Å². The van der Waals surface area contributed by atoms with Crippen LogP contribution in [-0.2, 0) is 6.54 Å². The highest BCUT2D eigenvalue weighted by Gasteiger charge is 2.17. The van der Waals surface area contributed by atoms with Gasteiger partial charge in [-0.3, -0.25) is 5.41 Å². The summed E-state index contributed by atoms with van der Waals surface area (Å²) < 4.78 is 13.1. The van der Waals surface area contributed by atoms with Gasteiger partial charge in [0.05, 0.1) is 7.11 Å². The summed E-state index contributed by atoms with van der Waals surface area (Å²) in [5.74, 6) is 0.942. The molecule has 0 atom stereocenters. The average Bonchev–Trinajstić information content (AvgIpc) is 3.22. The van der Waals surface area contributed by atoms with Gasteiger partial charge < -0.3 is 24.9 Å². The summed E-state index contributed by atoms with van der Waals surface area (Å²) in [6.45, 7) is 0.298. The molecule has 0 bridgehead atoms. The standard InChI is InChI=1S/C28H23N3O4/c1-34-21-8-10-22(11-9-21)35-23-12-17-4-2-3-5-24(17)20(13-23)16-31-25-15-19(27(29)30)7-6-18(25)14-26(31)28(32)33/h2-15H,16H2,1H3,(H3,29,30)(H,32,33). The van der Waals surface area contributed by atoms with Gasteiger partial charge in [-0.15, -0.1) is 0 Å². The molecule has 0 fully saturated rings. The number of aromatic carboxylic acids is 1. The van der Waals surface area contributed by atoms with Crippen LogP contribution in [-0.4, -0.2) is 28.6 Å². The lowest BCUT2D eigenvalue weighted by Crippen LogP contribution is -2.12. The van der Waals surface area contributed by atoms with Gasteiger partial charge in [0.15, 0.2) is 0 Å². The van der Waals surface area contributed by atoms with Gasteiger partial charge in [-0.2, -0.15) is 0 Å². The van der Waals surface area contributed by atoms with Crippen molar-refractivity contribution in [2.45, 2.75) is 6.54 Å². The summed E-state index contributed by atoms with van der Waals surface area (Å²) in [5.41, 5.74) is 7.99.